The predicted molar refractivity (Wildman–Crippen MR) is 329 cm³/mol. The summed E-state index contributed by atoms with van der Waals surface area (Å²) in [4.78, 5) is 18.6. The standard InChI is InChI=1S/C73H46N8/c1-76-70-44-57(52-30-32-55(33-31-52)69-47-68(54-26-22-50(48-74)23-27-54)77-73(78-69)56-28-24-51(49-75)25-29-56)36-41-65(70)53-34-37-62(38-35-53)81-71-42-39-63(79(58-14-6-2-7-15-58)59-16-8-3-9-17-59)45-66(71)67-46-64(40-43-72(67)81)80(60-18-10-4-11-19-60)61-20-12-5-13-21-61/h2-47H. The molecule has 0 N–H and O–H groups in total. The highest BCUT2D eigenvalue weighted by Crippen LogP contribution is 2.44. The maximum atomic E-state index is 9.43. The minimum Gasteiger partial charge on any atom is -0.310 e. The summed E-state index contributed by atoms with van der Waals surface area (Å²) in [6.45, 7) is 8.39. The van der Waals surface area contributed by atoms with Crippen LogP contribution in [0.15, 0.2) is 279 Å². The summed E-state index contributed by atoms with van der Waals surface area (Å²) in [6.07, 6.45) is 0. The molecule has 0 bridgehead atoms. The Bertz CT molecular complexity index is 4260. The van der Waals surface area contributed by atoms with E-state index in [4.69, 9.17) is 16.5 Å². The summed E-state index contributed by atoms with van der Waals surface area (Å²) >= 11 is 0. The topological polar surface area (TPSA) is 89.1 Å². The average Bonchev–Trinajstić information content (AvgIpc) is 4.05. The molecule has 81 heavy (non-hydrogen) atoms. The van der Waals surface area contributed by atoms with E-state index in [0.717, 1.165) is 106 Å². The lowest BCUT2D eigenvalue weighted by Crippen LogP contribution is -2.09. The first-order chi connectivity index (χ1) is 40.0. The number of benzene rings is 11. The van der Waals surface area contributed by atoms with Crippen LogP contribution in [-0.2, 0) is 0 Å². The van der Waals surface area contributed by atoms with E-state index in [1.54, 1.807) is 24.3 Å². The van der Waals surface area contributed by atoms with Crippen molar-refractivity contribution >= 4 is 61.6 Å². The molecule has 11 aromatic carbocycles. The van der Waals surface area contributed by atoms with Crippen LogP contribution in [0.2, 0.25) is 0 Å². The normalized spacial score (nSPS) is 10.9. The van der Waals surface area contributed by atoms with E-state index in [2.05, 4.69) is 232 Å². The maximum Gasteiger partial charge on any atom is 0.195 e. The highest BCUT2D eigenvalue weighted by Gasteiger charge is 2.21. The minimum atomic E-state index is 0.522. The maximum absolute atomic E-state index is 9.43. The zero-order chi connectivity index (χ0) is 54.7. The van der Waals surface area contributed by atoms with Crippen molar-refractivity contribution in [2.45, 2.75) is 0 Å². The van der Waals surface area contributed by atoms with Crippen LogP contribution in [0.3, 0.4) is 0 Å². The van der Waals surface area contributed by atoms with Gasteiger partial charge in [-0.2, -0.15) is 10.5 Å². The van der Waals surface area contributed by atoms with Crippen molar-refractivity contribution in [2.75, 3.05) is 9.80 Å². The van der Waals surface area contributed by atoms with Crippen LogP contribution < -0.4 is 9.80 Å². The van der Waals surface area contributed by atoms with Gasteiger partial charge in [-0.1, -0.05) is 133 Å². The number of hydrogen-bond donors (Lipinski definition) is 0. The average molecular weight is 1040 g/mol. The van der Waals surface area contributed by atoms with Crippen LogP contribution in [-0.4, -0.2) is 14.5 Å². The lowest BCUT2D eigenvalue weighted by Gasteiger charge is -2.26. The van der Waals surface area contributed by atoms with Crippen molar-refractivity contribution in [3.63, 3.8) is 0 Å². The second-order valence-corrected chi connectivity index (χ2v) is 19.6. The number of hydrogen-bond acceptors (Lipinski definition) is 6. The van der Waals surface area contributed by atoms with Gasteiger partial charge in [0.25, 0.3) is 0 Å². The number of anilines is 6. The predicted octanol–water partition coefficient (Wildman–Crippen LogP) is 19.1. The Hall–Kier alpha value is -11.6. The Morgan fingerprint density at radius 1 is 0.358 bits per heavy atom. The van der Waals surface area contributed by atoms with Gasteiger partial charge in [0, 0.05) is 67.3 Å². The summed E-state index contributed by atoms with van der Waals surface area (Å²) < 4.78 is 2.35. The van der Waals surface area contributed by atoms with Gasteiger partial charge in [-0.05, 0) is 168 Å². The van der Waals surface area contributed by atoms with E-state index in [1.807, 2.05) is 54.6 Å². The molecule has 0 atom stereocenters. The first-order valence-corrected chi connectivity index (χ1v) is 26.5. The van der Waals surface area contributed by atoms with Gasteiger partial charge in [0.1, 0.15) is 0 Å². The Morgan fingerprint density at radius 2 is 0.753 bits per heavy atom. The van der Waals surface area contributed by atoms with E-state index in [0.29, 0.717) is 28.3 Å². The fourth-order valence-electron chi connectivity index (χ4n) is 10.7. The van der Waals surface area contributed by atoms with Gasteiger partial charge in [0.2, 0.25) is 0 Å². The number of aromatic nitrogens is 3. The van der Waals surface area contributed by atoms with Crippen molar-refractivity contribution in [3.05, 3.63) is 302 Å². The Labute approximate surface area is 469 Å². The van der Waals surface area contributed by atoms with Crippen LogP contribution in [0.1, 0.15) is 11.1 Å². The van der Waals surface area contributed by atoms with Crippen LogP contribution in [0.5, 0.6) is 0 Å². The van der Waals surface area contributed by atoms with E-state index in [-0.39, 0.29) is 0 Å². The Morgan fingerprint density at radius 3 is 1.19 bits per heavy atom. The smallest absolute Gasteiger partial charge is 0.195 e. The van der Waals surface area contributed by atoms with Crippen molar-refractivity contribution < 1.29 is 0 Å². The number of nitriles is 2. The van der Waals surface area contributed by atoms with E-state index in [9.17, 15) is 10.5 Å². The summed E-state index contributed by atoms with van der Waals surface area (Å²) in [5.41, 5.74) is 18.8. The van der Waals surface area contributed by atoms with Crippen LogP contribution in [0, 0.1) is 29.2 Å². The minimum absolute atomic E-state index is 0.522. The molecule has 0 fully saturated rings. The van der Waals surface area contributed by atoms with Crippen molar-refractivity contribution in [3.8, 4) is 74.0 Å². The molecule has 378 valence electrons. The van der Waals surface area contributed by atoms with Gasteiger partial charge >= 0.3 is 0 Å². The van der Waals surface area contributed by atoms with Gasteiger partial charge < -0.3 is 14.4 Å². The molecule has 0 radical (unpaired) electrons. The molecule has 0 amide bonds. The molecule has 0 spiro atoms. The molecule has 0 aliphatic carbocycles. The summed E-state index contributed by atoms with van der Waals surface area (Å²) in [5, 5.41) is 21.1. The zero-order valence-electron chi connectivity index (χ0n) is 43.6. The van der Waals surface area contributed by atoms with Crippen LogP contribution in [0.4, 0.5) is 39.8 Å². The highest BCUT2D eigenvalue weighted by atomic mass is 15.1. The molecular formula is C73H46N8. The Balaban J connectivity index is 0.856. The molecule has 13 rings (SSSR count). The van der Waals surface area contributed by atoms with Crippen molar-refractivity contribution in [1.29, 1.82) is 10.5 Å². The summed E-state index contributed by atoms with van der Waals surface area (Å²) in [6, 6.07) is 99.3. The number of nitrogens with zero attached hydrogens (tertiary/aromatic N) is 8. The third kappa shape index (κ3) is 9.57. The lowest BCUT2D eigenvalue weighted by atomic mass is 9.97. The SMILES string of the molecule is [C-]#[N+]c1cc(-c2ccc(-c3cc(-c4ccc(C#N)cc4)nc(-c4ccc(C#N)cc4)n3)cc2)ccc1-c1ccc(-n2c3ccc(N(c4ccccc4)c4ccccc4)cc3c3cc(N(c4ccccc4)c4ccccc4)ccc32)cc1. The van der Waals surface area contributed by atoms with E-state index in [1.165, 1.54) is 0 Å². The Kier molecular flexibility index (Phi) is 12.9. The molecule has 0 saturated heterocycles. The monoisotopic (exact) mass is 1030 g/mol. The molecule has 0 unspecified atom stereocenters. The molecule has 0 aliphatic rings. The molecule has 0 saturated carbocycles. The molecule has 2 heterocycles. The molecule has 2 aromatic heterocycles. The molecule has 13 aromatic rings. The number of rotatable bonds is 12. The second-order valence-electron chi connectivity index (χ2n) is 19.6. The van der Waals surface area contributed by atoms with Gasteiger partial charge in [-0.3, -0.25) is 0 Å². The number of fused-ring (bicyclic) bond motifs is 3. The first-order valence-electron chi connectivity index (χ1n) is 26.5. The molecule has 8 nitrogen and oxygen atoms in total. The first kappa shape index (κ1) is 49.0. The van der Waals surface area contributed by atoms with Gasteiger partial charge in [-0.15, -0.1) is 0 Å². The second kappa shape index (κ2) is 21.4. The summed E-state index contributed by atoms with van der Waals surface area (Å²) in [5.74, 6) is 0.522. The number of para-hydroxylation sites is 4. The van der Waals surface area contributed by atoms with Crippen molar-refractivity contribution in [2.24, 2.45) is 0 Å². The van der Waals surface area contributed by atoms with E-state index < -0.39 is 0 Å². The fourth-order valence-corrected chi connectivity index (χ4v) is 10.7. The van der Waals surface area contributed by atoms with Gasteiger partial charge in [0.05, 0.1) is 52.3 Å². The van der Waals surface area contributed by atoms with Crippen LogP contribution >= 0.6 is 0 Å². The molecular weight excluding hydrogens is 989 g/mol. The van der Waals surface area contributed by atoms with Gasteiger partial charge in [0.15, 0.2) is 11.5 Å². The highest BCUT2D eigenvalue weighted by molar-refractivity contribution is 6.12. The zero-order valence-corrected chi connectivity index (χ0v) is 43.6. The van der Waals surface area contributed by atoms with E-state index >= 15 is 0 Å². The third-order valence-corrected chi connectivity index (χ3v) is 14.7. The van der Waals surface area contributed by atoms with Gasteiger partial charge in [-0.25, -0.2) is 14.8 Å². The quantitative estimate of drug-likeness (QED) is 0.113. The molecule has 0 aliphatic heterocycles. The summed E-state index contributed by atoms with van der Waals surface area (Å²) in [7, 11) is 0. The largest absolute Gasteiger partial charge is 0.310 e. The lowest BCUT2D eigenvalue weighted by molar-refractivity contribution is 1.18. The van der Waals surface area contributed by atoms with Crippen molar-refractivity contribution in [1.82, 2.24) is 14.5 Å². The molecule has 8 heteroatoms. The third-order valence-electron chi connectivity index (χ3n) is 14.7. The fraction of sp³-hybridized carbons (Fsp3) is 0. The van der Waals surface area contributed by atoms with Crippen LogP contribution in [0.25, 0.3) is 88.5 Å².